The van der Waals surface area contributed by atoms with E-state index in [1.807, 2.05) is 41.8 Å². The minimum Gasteiger partial charge on any atom is -0.481 e. The Kier molecular flexibility index (Phi) is 7.35. The van der Waals surface area contributed by atoms with Crippen molar-refractivity contribution in [1.82, 2.24) is 19.9 Å². The predicted octanol–water partition coefficient (Wildman–Crippen LogP) is 5.06. The summed E-state index contributed by atoms with van der Waals surface area (Å²) in [6.07, 6.45) is 5.74. The Balaban J connectivity index is 1.35. The van der Waals surface area contributed by atoms with E-state index >= 15 is 0 Å². The summed E-state index contributed by atoms with van der Waals surface area (Å²) in [5.41, 5.74) is 3.57. The number of carboxylic acid groups (broad SMARTS) is 1. The van der Waals surface area contributed by atoms with Crippen LogP contribution in [0.4, 0.5) is 4.39 Å². The van der Waals surface area contributed by atoms with E-state index in [0.717, 1.165) is 16.8 Å². The number of amides is 1. The van der Waals surface area contributed by atoms with Crippen LogP contribution in [-0.4, -0.2) is 44.2 Å². The molecule has 0 spiro atoms. The molecule has 4 aromatic rings. The number of benzene rings is 2. The van der Waals surface area contributed by atoms with E-state index in [-0.39, 0.29) is 23.7 Å². The molecule has 0 atom stereocenters. The van der Waals surface area contributed by atoms with Crippen LogP contribution in [0.15, 0.2) is 60.9 Å². The number of hydrogen-bond donors (Lipinski definition) is 2. The molecule has 0 aliphatic heterocycles. The first-order chi connectivity index (χ1) is 18.4. The first-order valence-electron chi connectivity index (χ1n) is 12.8. The number of rotatable bonds is 8. The fraction of sp³-hybridized carbons (Fsp3) is 0.310. The molecule has 1 fully saturated rings. The molecule has 1 aliphatic rings. The number of carbonyl (C=O) groups excluding carboxylic acids is 1. The predicted molar refractivity (Wildman–Crippen MR) is 140 cm³/mol. The van der Waals surface area contributed by atoms with Gasteiger partial charge in [0.25, 0.3) is 5.91 Å². The number of nitrogens with zero attached hydrogens (tertiary/aromatic N) is 3. The third-order valence-electron chi connectivity index (χ3n) is 7.04. The molecular formula is C29H29FN4O4. The standard InChI is InChI=1S/C29H29FN4O4/c1-2-38-29-31-15-13-25(33-29)19-5-3-18(4-6-19)17-34-16-14-22-24(30)12-11-23(26(22)34)27(35)32-21-9-7-20(8-10-21)28(36)37/h3-6,11-16,20-21H,2,7-10,17H2,1H3,(H,32,35)(H,36,37). The van der Waals surface area contributed by atoms with Crippen LogP contribution >= 0.6 is 0 Å². The SMILES string of the molecule is CCOc1nccc(-c2ccc(Cn3ccc4c(F)ccc(C(=O)NC5CCC(C(=O)O)CC5)c43)cc2)n1. The van der Waals surface area contributed by atoms with Crippen molar-refractivity contribution in [1.29, 1.82) is 0 Å². The Morgan fingerprint density at radius 2 is 1.84 bits per heavy atom. The van der Waals surface area contributed by atoms with Gasteiger partial charge in [0.1, 0.15) is 5.82 Å². The third kappa shape index (κ3) is 5.37. The molecule has 1 saturated carbocycles. The monoisotopic (exact) mass is 516 g/mol. The Hall–Kier alpha value is -4.27. The van der Waals surface area contributed by atoms with E-state index in [9.17, 15) is 19.1 Å². The second kappa shape index (κ2) is 11.0. The molecule has 2 N–H and O–H groups in total. The second-order valence-corrected chi connectivity index (χ2v) is 9.52. The summed E-state index contributed by atoms with van der Waals surface area (Å²) < 4.78 is 21.9. The highest BCUT2D eigenvalue weighted by molar-refractivity contribution is 6.06. The van der Waals surface area contributed by atoms with Crippen molar-refractivity contribution < 1.29 is 23.8 Å². The number of aliphatic carboxylic acids is 1. The van der Waals surface area contributed by atoms with Gasteiger partial charge in [-0.2, -0.15) is 4.98 Å². The number of halogens is 1. The van der Waals surface area contributed by atoms with E-state index in [1.54, 1.807) is 18.5 Å². The Bertz CT molecular complexity index is 1460. The molecule has 0 saturated heterocycles. The van der Waals surface area contributed by atoms with Gasteiger partial charge in [0.2, 0.25) is 0 Å². The number of ether oxygens (including phenoxy) is 1. The molecule has 38 heavy (non-hydrogen) atoms. The number of nitrogens with one attached hydrogen (secondary N) is 1. The van der Waals surface area contributed by atoms with Gasteiger partial charge < -0.3 is 19.7 Å². The average molecular weight is 517 g/mol. The van der Waals surface area contributed by atoms with Gasteiger partial charge in [-0.15, -0.1) is 0 Å². The van der Waals surface area contributed by atoms with Gasteiger partial charge in [0.15, 0.2) is 0 Å². The minimum absolute atomic E-state index is 0.0980. The van der Waals surface area contributed by atoms with Crippen LogP contribution in [0.3, 0.4) is 0 Å². The average Bonchev–Trinajstić information content (AvgIpc) is 3.34. The molecular weight excluding hydrogens is 487 g/mol. The Labute approximate surface area is 219 Å². The van der Waals surface area contributed by atoms with Gasteiger partial charge in [-0.05, 0) is 62.4 Å². The quantitative estimate of drug-likeness (QED) is 0.339. The maximum absolute atomic E-state index is 14.7. The minimum atomic E-state index is -0.784. The lowest BCUT2D eigenvalue weighted by atomic mass is 9.86. The van der Waals surface area contributed by atoms with Gasteiger partial charge in [-0.25, -0.2) is 9.37 Å². The summed E-state index contributed by atoms with van der Waals surface area (Å²) >= 11 is 0. The van der Waals surface area contributed by atoms with Gasteiger partial charge in [-0.3, -0.25) is 9.59 Å². The number of hydrogen-bond acceptors (Lipinski definition) is 5. The molecule has 2 aromatic heterocycles. The fourth-order valence-electron chi connectivity index (χ4n) is 5.03. The number of fused-ring (bicyclic) bond motifs is 1. The lowest BCUT2D eigenvalue weighted by Crippen LogP contribution is -2.38. The van der Waals surface area contributed by atoms with Crippen LogP contribution in [0.25, 0.3) is 22.2 Å². The first-order valence-corrected chi connectivity index (χ1v) is 12.8. The van der Waals surface area contributed by atoms with E-state index in [4.69, 9.17) is 4.74 Å². The fourth-order valence-corrected chi connectivity index (χ4v) is 5.03. The van der Waals surface area contributed by atoms with Crippen molar-refractivity contribution >= 4 is 22.8 Å². The van der Waals surface area contributed by atoms with Gasteiger partial charge in [-0.1, -0.05) is 24.3 Å². The van der Waals surface area contributed by atoms with Crippen molar-refractivity contribution in [2.75, 3.05) is 6.61 Å². The van der Waals surface area contributed by atoms with Crippen LogP contribution in [0.5, 0.6) is 6.01 Å². The second-order valence-electron chi connectivity index (χ2n) is 9.52. The number of aromatic nitrogens is 3. The summed E-state index contributed by atoms with van der Waals surface area (Å²) in [7, 11) is 0. The molecule has 2 aromatic carbocycles. The summed E-state index contributed by atoms with van der Waals surface area (Å²) in [6.45, 7) is 2.81. The van der Waals surface area contributed by atoms with Crippen LogP contribution in [0, 0.1) is 11.7 Å². The Morgan fingerprint density at radius 1 is 1.08 bits per heavy atom. The van der Waals surface area contributed by atoms with Crippen LogP contribution in [0.2, 0.25) is 0 Å². The summed E-state index contributed by atoms with van der Waals surface area (Å²) in [5, 5.41) is 12.6. The highest BCUT2D eigenvalue weighted by Gasteiger charge is 2.27. The lowest BCUT2D eigenvalue weighted by Gasteiger charge is -2.27. The molecule has 8 nitrogen and oxygen atoms in total. The maximum Gasteiger partial charge on any atom is 0.316 e. The highest BCUT2D eigenvalue weighted by atomic mass is 19.1. The summed E-state index contributed by atoms with van der Waals surface area (Å²) in [4.78, 5) is 33.0. The van der Waals surface area contributed by atoms with Crippen LogP contribution in [0.1, 0.15) is 48.5 Å². The van der Waals surface area contributed by atoms with E-state index < -0.39 is 5.97 Å². The zero-order valence-electron chi connectivity index (χ0n) is 21.1. The number of carbonyl (C=O) groups is 2. The van der Waals surface area contributed by atoms with E-state index in [2.05, 4.69) is 15.3 Å². The molecule has 9 heteroatoms. The first kappa shape index (κ1) is 25.4. The van der Waals surface area contributed by atoms with Gasteiger partial charge >= 0.3 is 12.0 Å². The lowest BCUT2D eigenvalue weighted by molar-refractivity contribution is -0.142. The number of carboxylic acids is 1. The molecule has 5 rings (SSSR count). The zero-order valence-corrected chi connectivity index (χ0v) is 21.1. The molecule has 0 bridgehead atoms. The van der Waals surface area contributed by atoms with Crippen molar-refractivity contribution in [2.45, 2.75) is 45.2 Å². The molecule has 2 heterocycles. The Morgan fingerprint density at radius 3 is 2.55 bits per heavy atom. The molecule has 1 aliphatic carbocycles. The van der Waals surface area contributed by atoms with Gasteiger partial charge in [0.05, 0.1) is 29.3 Å². The summed E-state index contributed by atoms with van der Waals surface area (Å²) in [5.74, 6) is -1.81. The van der Waals surface area contributed by atoms with Gasteiger partial charge in [0, 0.05) is 35.9 Å². The molecule has 0 radical (unpaired) electrons. The van der Waals surface area contributed by atoms with Crippen LogP contribution in [-0.2, 0) is 11.3 Å². The van der Waals surface area contributed by atoms with Crippen molar-refractivity contribution in [3.05, 3.63) is 77.9 Å². The topological polar surface area (TPSA) is 106 Å². The van der Waals surface area contributed by atoms with Crippen LogP contribution < -0.4 is 10.1 Å². The van der Waals surface area contributed by atoms with E-state index in [0.29, 0.717) is 61.3 Å². The van der Waals surface area contributed by atoms with Crippen molar-refractivity contribution in [3.8, 4) is 17.3 Å². The van der Waals surface area contributed by atoms with Crippen molar-refractivity contribution in [2.24, 2.45) is 5.92 Å². The summed E-state index contributed by atoms with van der Waals surface area (Å²) in [6, 6.07) is 14.4. The largest absolute Gasteiger partial charge is 0.481 e. The molecule has 196 valence electrons. The molecule has 0 unspecified atom stereocenters. The smallest absolute Gasteiger partial charge is 0.316 e. The van der Waals surface area contributed by atoms with Crippen molar-refractivity contribution in [3.63, 3.8) is 0 Å². The molecule has 1 amide bonds. The maximum atomic E-state index is 14.7. The highest BCUT2D eigenvalue weighted by Crippen LogP contribution is 2.28. The normalized spacial score (nSPS) is 17.3. The van der Waals surface area contributed by atoms with E-state index in [1.165, 1.54) is 12.1 Å². The third-order valence-corrected chi connectivity index (χ3v) is 7.04. The zero-order chi connectivity index (χ0) is 26.6.